The highest BCUT2D eigenvalue weighted by Crippen LogP contribution is 2.38. The van der Waals surface area contributed by atoms with E-state index in [1.54, 1.807) is 11.3 Å². The fraction of sp³-hybridized carbons (Fsp3) is 0.667. The van der Waals surface area contributed by atoms with Gasteiger partial charge in [-0.2, -0.15) is 5.10 Å². The highest BCUT2D eigenvalue weighted by Gasteiger charge is 2.53. The van der Waals surface area contributed by atoms with Gasteiger partial charge in [0.15, 0.2) is 0 Å². The third-order valence-corrected chi connectivity index (χ3v) is 5.85. The molecule has 0 aromatic carbocycles. The molecule has 2 N–H and O–H groups in total. The van der Waals surface area contributed by atoms with Crippen molar-refractivity contribution in [3.63, 3.8) is 0 Å². The molecule has 0 spiro atoms. The minimum Gasteiger partial charge on any atom is -0.355 e. The summed E-state index contributed by atoms with van der Waals surface area (Å²) in [6.07, 6.45) is 2.69. The van der Waals surface area contributed by atoms with E-state index in [9.17, 15) is 4.79 Å². The van der Waals surface area contributed by atoms with E-state index in [0.29, 0.717) is 12.5 Å². The Labute approximate surface area is 139 Å². The van der Waals surface area contributed by atoms with Gasteiger partial charge < -0.3 is 15.5 Å². The van der Waals surface area contributed by atoms with E-state index < -0.39 is 0 Å². The Balaban J connectivity index is 1.37. The van der Waals surface area contributed by atoms with Gasteiger partial charge in [-0.25, -0.2) is 9.50 Å². The molecule has 0 saturated carbocycles. The Bertz CT molecular complexity index is 708. The van der Waals surface area contributed by atoms with Gasteiger partial charge in [-0.05, 0) is 14.0 Å². The van der Waals surface area contributed by atoms with E-state index >= 15 is 0 Å². The Kier molecular flexibility index (Phi) is 3.62. The Hall–Kier alpha value is -1.51. The first-order chi connectivity index (χ1) is 11.1. The molecule has 2 aromatic rings. The standard InChI is InChI=1S/C15H22N6OS/c1-10-19-21-7-12(18-14(21)23-10)3-4-17-13(22)15-8-16-5-11(15)6-20(2)9-15/h7,11,16H,3-6,8-9H2,1-2H3,(H,17,22)/t11-,15-/m1/s1. The molecule has 2 aliphatic rings. The molecule has 2 saturated heterocycles. The third-order valence-electron chi connectivity index (χ3n) is 5.01. The fourth-order valence-corrected chi connectivity index (χ4v) is 4.68. The van der Waals surface area contributed by atoms with E-state index in [2.05, 4.69) is 32.7 Å². The summed E-state index contributed by atoms with van der Waals surface area (Å²) in [5, 5.41) is 11.9. The van der Waals surface area contributed by atoms with Gasteiger partial charge in [0.25, 0.3) is 0 Å². The molecule has 2 atom stereocenters. The quantitative estimate of drug-likeness (QED) is 0.817. The number of carbonyl (C=O) groups is 1. The molecule has 7 nitrogen and oxygen atoms in total. The summed E-state index contributed by atoms with van der Waals surface area (Å²) in [6.45, 7) is 6.18. The highest BCUT2D eigenvalue weighted by atomic mass is 32.1. The maximum atomic E-state index is 12.7. The number of aromatic nitrogens is 3. The van der Waals surface area contributed by atoms with Crippen LogP contribution in [0, 0.1) is 18.3 Å². The molecule has 2 fully saturated rings. The summed E-state index contributed by atoms with van der Waals surface area (Å²) < 4.78 is 1.82. The molecule has 4 rings (SSSR count). The maximum Gasteiger partial charge on any atom is 0.229 e. The number of amides is 1. The smallest absolute Gasteiger partial charge is 0.229 e. The zero-order valence-corrected chi connectivity index (χ0v) is 14.3. The minimum atomic E-state index is -0.248. The molecule has 23 heavy (non-hydrogen) atoms. The Morgan fingerprint density at radius 1 is 1.61 bits per heavy atom. The fourth-order valence-electron chi connectivity index (χ4n) is 3.94. The van der Waals surface area contributed by atoms with Crippen LogP contribution < -0.4 is 10.6 Å². The summed E-state index contributed by atoms with van der Waals surface area (Å²) in [7, 11) is 2.10. The van der Waals surface area contributed by atoms with Crippen molar-refractivity contribution >= 4 is 22.2 Å². The van der Waals surface area contributed by atoms with E-state index in [1.165, 1.54) is 0 Å². The second kappa shape index (κ2) is 5.54. The van der Waals surface area contributed by atoms with Crippen LogP contribution in [-0.2, 0) is 11.2 Å². The van der Waals surface area contributed by atoms with Crippen molar-refractivity contribution in [3.8, 4) is 0 Å². The van der Waals surface area contributed by atoms with Gasteiger partial charge in [-0.3, -0.25) is 4.79 Å². The average Bonchev–Trinajstić information content (AvgIpc) is 3.17. The van der Waals surface area contributed by atoms with Crippen LogP contribution in [0.3, 0.4) is 0 Å². The van der Waals surface area contributed by atoms with E-state index in [-0.39, 0.29) is 11.3 Å². The van der Waals surface area contributed by atoms with Crippen molar-refractivity contribution < 1.29 is 4.79 Å². The van der Waals surface area contributed by atoms with Crippen molar-refractivity contribution in [2.45, 2.75) is 13.3 Å². The second-order valence-electron chi connectivity index (χ2n) is 6.77. The number of likely N-dealkylation sites (tertiary alicyclic amines) is 1. The van der Waals surface area contributed by atoms with Crippen molar-refractivity contribution in [2.75, 3.05) is 39.8 Å². The summed E-state index contributed by atoms with van der Waals surface area (Å²) in [4.78, 5) is 20.5. The molecule has 4 heterocycles. The van der Waals surface area contributed by atoms with Crippen LogP contribution >= 0.6 is 11.3 Å². The first kappa shape index (κ1) is 15.0. The topological polar surface area (TPSA) is 74.6 Å². The highest BCUT2D eigenvalue weighted by molar-refractivity contribution is 7.16. The molecule has 0 radical (unpaired) electrons. The van der Waals surface area contributed by atoms with Crippen LogP contribution in [0.4, 0.5) is 0 Å². The monoisotopic (exact) mass is 334 g/mol. The van der Waals surface area contributed by atoms with Crippen LogP contribution in [0.2, 0.25) is 0 Å². The molecule has 2 aromatic heterocycles. The number of rotatable bonds is 4. The van der Waals surface area contributed by atoms with Crippen LogP contribution in [0.15, 0.2) is 6.20 Å². The molecule has 0 bridgehead atoms. The predicted molar refractivity (Wildman–Crippen MR) is 88.6 cm³/mol. The van der Waals surface area contributed by atoms with Crippen molar-refractivity contribution in [3.05, 3.63) is 16.9 Å². The van der Waals surface area contributed by atoms with Gasteiger partial charge in [-0.15, -0.1) is 0 Å². The van der Waals surface area contributed by atoms with Gasteiger partial charge in [0.1, 0.15) is 5.01 Å². The number of nitrogens with zero attached hydrogens (tertiary/aromatic N) is 4. The lowest BCUT2D eigenvalue weighted by Gasteiger charge is -2.26. The summed E-state index contributed by atoms with van der Waals surface area (Å²) >= 11 is 1.58. The number of imidazole rings is 1. The van der Waals surface area contributed by atoms with Gasteiger partial charge in [0.2, 0.25) is 10.9 Å². The number of hydrogen-bond donors (Lipinski definition) is 2. The zero-order valence-electron chi connectivity index (χ0n) is 13.5. The van der Waals surface area contributed by atoms with Crippen molar-refractivity contribution in [2.24, 2.45) is 11.3 Å². The second-order valence-corrected chi connectivity index (χ2v) is 7.93. The summed E-state index contributed by atoms with van der Waals surface area (Å²) in [6, 6.07) is 0. The number of carbonyl (C=O) groups excluding carboxylic acids is 1. The van der Waals surface area contributed by atoms with Gasteiger partial charge in [0, 0.05) is 45.1 Å². The lowest BCUT2D eigenvalue weighted by atomic mass is 9.80. The number of hydrogen-bond acceptors (Lipinski definition) is 6. The number of aryl methyl sites for hydroxylation is 1. The van der Waals surface area contributed by atoms with E-state index in [4.69, 9.17) is 0 Å². The molecule has 8 heteroatoms. The molecule has 0 unspecified atom stereocenters. The molecule has 2 aliphatic heterocycles. The normalized spacial score (nSPS) is 27.7. The van der Waals surface area contributed by atoms with Gasteiger partial charge in [0.05, 0.1) is 17.3 Å². The lowest BCUT2D eigenvalue weighted by molar-refractivity contribution is -0.130. The first-order valence-corrected chi connectivity index (χ1v) is 8.88. The maximum absolute atomic E-state index is 12.7. The average molecular weight is 334 g/mol. The zero-order chi connectivity index (χ0) is 16.0. The lowest BCUT2D eigenvalue weighted by Crippen LogP contribution is -2.47. The Morgan fingerprint density at radius 3 is 3.30 bits per heavy atom. The van der Waals surface area contributed by atoms with Crippen LogP contribution in [0.5, 0.6) is 0 Å². The summed E-state index contributed by atoms with van der Waals surface area (Å²) in [5.41, 5.74) is 0.730. The van der Waals surface area contributed by atoms with Gasteiger partial charge in [-0.1, -0.05) is 11.3 Å². The summed E-state index contributed by atoms with van der Waals surface area (Å²) in [5.74, 6) is 0.615. The molecular formula is C15H22N6OS. The van der Waals surface area contributed by atoms with E-state index in [1.807, 2.05) is 17.6 Å². The van der Waals surface area contributed by atoms with Crippen molar-refractivity contribution in [1.29, 1.82) is 0 Å². The van der Waals surface area contributed by atoms with Crippen LogP contribution in [-0.4, -0.2) is 65.2 Å². The van der Waals surface area contributed by atoms with Gasteiger partial charge >= 0.3 is 0 Å². The molecule has 0 aliphatic carbocycles. The Morgan fingerprint density at radius 2 is 2.48 bits per heavy atom. The van der Waals surface area contributed by atoms with Crippen LogP contribution in [0.25, 0.3) is 4.96 Å². The minimum absolute atomic E-state index is 0.187. The molecule has 1 amide bonds. The third kappa shape index (κ3) is 2.54. The van der Waals surface area contributed by atoms with Crippen molar-refractivity contribution in [1.82, 2.24) is 30.1 Å². The molecular weight excluding hydrogens is 312 g/mol. The largest absolute Gasteiger partial charge is 0.355 e. The SMILES string of the molecule is Cc1nn2cc(CCNC(=O)[C@@]34CNC[C@@H]3CN(C)C4)nc2s1. The van der Waals surface area contributed by atoms with Crippen LogP contribution in [0.1, 0.15) is 10.7 Å². The first-order valence-electron chi connectivity index (χ1n) is 8.06. The van der Waals surface area contributed by atoms with E-state index in [0.717, 1.165) is 48.3 Å². The predicted octanol–water partition coefficient (Wildman–Crippen LogP) is -0.0909. The number of fused-ring (bicyclic) bond motifs is 2. The number of nitrogens with one attached hydrogen (secondary N) is 2. The molecule has 124 valence electrons.